The molecule has 2 aromatic rings. The summed E-state index contributed by atoms with van der Waals surface area (Å²) in [7, 11) is 0. The summed E-state index contributed by atoms with van der Waals surface area (Å²) in [4.78, 5) is 38.9. The van der Waals surface area contributed by atoms with Crippen molar-refractivity contribution in [2.45, 2.75) is 33.7 Å². The number of ether oxygens (including phenoxy) is 1. The Balaban J connectivity index is 2.30. The number of carbonyl (C=O) groups excluding carboxylic acids is 2. The van der Waals surface area contributed by atoms with Crippen molar-refractivity contribution >= 4 is 22.6 Å². The zero-order chi connectivity index (χ0) is 20.1. The first-order chi connectivity index (χ1) is 12.8. The molecule has 0 saturated carbocycles. The molecule has 0 fully saturated rings. The lowest BCUT2D eigenvalue weighted by Gasteiger charge is -2.20. The number of carbonyl (C=O) groups is 2. The molecule has 7 nitrogen and oxygen atoms in total. The van der Waals surface area contributed by atoms with Crippen LogP contribution in [0.3, 0.4) is 0 Å². The molecular weight excluding hydrogens is 346 g/mol. The van der Waals surface area contributed by atoms with E-state index < -0.39 is 12.6 Å². The zero-order valence-electron chi connectivity index (χ0n) is 16.2. The highest BCUT2D eigenvalue weighted by molar-refractivity contribution is 6.02. The van der Waals surface area contributed by atoms with E-state index in [4.69, 9.17) is 4.74 Å². The van der Waals surface area contributed by atoms with Crippen LogP contribution in [-0.4, -0.2) is 46.3 Å². The number of fused-ring (bicyclic) bond motifs is 1. The average Bonchev–Trinajstić information content (AvgIpc) is 2.63. The number of amides is 1. The second-order valence-electron chi connectivity index (χ2n) is 6.68. The van der Waals surface area contributed by atoms with Gasteiger partial charge in [0, 0.05) is 18.5 Å². The lowest BCUT2D eigenvalue weighted by atomic mass is 10.1. The second-order valence-corrected chi connectivity index (χ2v) is 6.68. The molecule has 7 heteroatoms. The summed E-state index contributed by atoms with van der Waals surface area (Å²) >= 11 is 0. The van der Waals surface area contributed by atoms with E-state index >= 15 is 0 Å². The Morgan fingerprint density at radius 2 is 1.89 bits per heavy atom. The van der Waals surface area contributed by atoms with Crippen LogP contribution in [0.1, 0.15) is 44.2 Å². The molecular formula is C20H25N3O4. The maximum Gasteiger partial charge on any atom is 0.359 e. The molecule has 0 aliphatic rings. The smallest absolute Gasteiger partial charge is 0.359 e. The largest absolute Gasteiger partial charge is 0.451 e. The van der Waals surface area contributed by atoms with Gasteiger partial charge in [0.2, 0.25) is 0 Å². The van der Waals surface area contributed by atoms with Gasteiger partial charge in [-0.15, -0.1) is 0 Å². The predicted octanol–water partition coefficient (Wildman–Crippen LogP) is 2.56. The van der Waals surface area contributed by atoms with E-state index in [-0.39, 0.29) is 23.2 Å². The third kappa shape index (κ3) is 4.61. The third-order valence-corrected chi connectivity index (χ3v) is 4.03. The Bertz CT molecular complexity index is 930. The lowest BCUT2D eigenvalue weighted by molar-refractivity contribution is -0.133. The highest BCUT2D eigenvalue weighted by Crippen LogP contribution is 2.15. The molecule has 1 aromatic carbocycles. The number of nitrogens with zero attached hydrogens (tertiary/aromatic N) is 3. The Kier molecular flexibility index (Phi) is 6.50. The Labute approximate surface area is 158 Å². The number of benzene rings is 1. The fourth-order valence-corrected chi connectivity index (χ4v) is 2.70. The fraction of sp³-hybridized carbons (Fsp3) is 0.400. The molecule has 0 N–H and O–H groups in total. The molecule has 0 unspecified atom stereocenters. The first kappa shape index (κ1) is 20.4. The van der Waals surface area contributed by atoms with Crippen molar-refractivity contribution in [3.8, 4) is 0 Å². The molecule has 0 aliphatic heterocycles. The molecule has 1 amide bonds. The van der Waals surface area contributed by atoms with Gasteiger partial charge < -0.3 is 9.64 Å². The van der Waals surface area contributed by atoms with Gasteiger partial charge in [-0.2, -0.15) is 5.10 Å². The fourth-order valence-electron chi connectivity index (χ4n) is 2.70. The van der Waals surface area contributed by atoms with Crippen LogP contribution in [0.2, 0.25) is 0 Å². The number of aromatic nitrogens is 2. The monoisotopic (exact) mass is 371 g/mol. The highest BCUT2D eigenvalue weighted by atomic mass is 16.5. The maximum absolute atomic E-state index is 12.6. The van der Waals surface area contributed by atoms with Crippen molar-refractivity contribution in [1.29, 1.82) is 0 Å². The van der Waals surface area contributed by atoms with Crippen LogP contribution in [0.5, 0.6) is 0 Å². The van der Waals surface area contributed by atoms with Crippen LogP contribution in [0, 0.1) is 0 Å². The number of hydrogen-bond acceptors (Lipinski definition) is 5. The maximum atomic E-state index is 12.6. The van der Waals surface area contributed by atoms with E-state index in [1.807, 2.05) is 13.8 Å². The van der Waals surface area contributed by atoms with Crippen molar-refractivity contribution in [3.63, 3.8) is 0 Å². The minimum atomic E-state index is -0.736. The summed E-state index contributed by atoms with van der Waals surface area (Å²) in [5, 5.41) is 4.98. The molecule has 1 aromatic heterocycles. The van der Waals surface area contributed by atoms with Crippen molar-refractivity contribution in [1.82, 2.24) is 14.7 Å². The van der Waals surface area contributed by atoms with E-state index in [2.05, 4.69) is 11.7 Å². The summed E-state index contributed by atoms with van der Waals surface area (Å²) in [6.07, 6.45) is 0. The summed E-state index contributed by atoms with van der Waals surface area (Å²) in [5.74, 6) is -1.05. The van der Waals surface area contributed by atoms with E-state index in [0.717, 1.165) is 5.57 Å². The average molecular weight is 371 g/mol. The van der Waals surface area contributed by atoms with Crippen molar-refractivity contribution < 1.29 is 14.3 Å². The van der Waals surface area contributed by atoms with Gasteiger partial charge in [0.05, 0.1) is 11.4 Å². The van der Waals surface area contributed by atoms with Gasteiger partial charge in [-0.05, 0) is 33.8 Å². The highest BCUT2D eigenvalue weighted by Gasteiger charge is 2.21. The topological polar surface area (TPSA) is 81.5 Å². The van der Waals surface area contributed by atoms with E-state index in [9.17, 15) is 14.4 Å². The molecule has 0 atom stereocenters. The lowest BCUT2D eigenvalue weighted by Crippen LogP contribution is -2.36. The molecule has 27 heavy (non-hydrogen) atoms. The van der Waals surface area contributed by atoms with E-state index in [0.29, 0.717) is 23.9 Å². The summed E-state index contributed by atoms with van der Waals surface area (Å²) in [6, 6.07) is 6.51. The standard InChI is InChI=1S/C20H25N3O4/c1-6-22(11-13(2)3)17(24)12-27-20(26)18-15-9-7-8-10-16(15)19(25)23(21-18)14(4)5/h7-10,14H,2,6,11-12H2,1,3-5H3. The quantitative estimate of drug-likeness (QED) is 0.552. The minimum Gasteiger partial charge on any atom is -0.451 e. The van der Waals surface area contributed by atoms with Crippen LogP contribution in [0.25, 0.3) is 10.8 Å². The van der Waals surface area contributed by atoms with Crippen LogP contribution < -0.4 is 5.56 Å². The summed E-state index contributed by atoms with van der Waals surface area (Å²) < 4.78 is 6.45. The first-order valence-corrected chi connectivity index (χ1v) is 8.87. The van der Waals surface area contributed by atoms with Crippen molar-refractivity contribution in [2.24, 2.45) is 0 Å². The number of hydrogen-bond donors (Lipinski definition) is 0. The van der Waals surface area contributed by atoms with Crippen LogP contribution in [-0.2, 0) is 9.53 Å². The van der Waals surface area contributed by atoms with Gasteiger partial charge in [0.25, 0.3) is 11.5 Å². The molecule has 0 aliphatic carbocycles. The Morgan fingerprint density at radius 1 is 1.26 bits per heavy atom. The molecule has 144 valence electrons. The molecule has 2 rings (SSSR count). The van der Waals surface area contributed by atoms with E-state index in [1.54, 1.807) is 43.0 Å². The molecule has 0 saturated heterocycles. The Morgan fingerprint density at radius 3 is 2.44 bits per heavy atom. The minimum absolute atomic E-state index is 0.0228. The zero-order valence-corrected chi connectivity index (χ0v) is 16.2. The Hall–Kier alpha value is -2.96. The third-order valence-electron chi connectivity index (χ3n) is 4.03. The van der Waals surface area contributed by atoms with Gasteiger partial charge in [0.1, 0.15) is 0 Å². The van der Waals surface area contributed by atoms with Crippen LogP contribution >= 0.6 is 0 Å². The number of likely N-dealkylation sites (N-methyl/N-ethyl adjacent to an activating group) is 1. The van der Waals surface area contributed by atoms with Gasteiger partial charge >= 0.3 is 5.97 Å². The van der Waals surface area contributed by atoms with Gasteiger partial charge in [0.15, 0.2) is 12.3 Å². The molecule has 0 spiro atoms. The first-order valence-electron chi connectivity index (χ1n) is 8.87. The normalized spacial score (nSPS) is 10.9. The van der Waals surface area contributed by atoms with Crippen LogP contribution in [0.15, 0.2) is 41.2 Å². The molecule has 1 heterocycles. The second kappa shape index (κ2) is 8.62. The van der Waals surface area contributed by atoms with Crippen LogP contribution in [0.4, 0.5) is 0 Å². The molecule has 0 radical (unpaired) electrons. The van der Waals surface area contributed by atoms with E-state index in [1.165, 1.54) is 4.68 Å². The van der Waals surface area contributed by atoms with Gasteiger partial charge in [-0.3, -0.25) is 9.59 Å². The van der Waals surface area contributed by atoms with Crippen molar-refractivity contribution in [3.05, 3.63) is 52.5 Å². The van der Waals surface area contributed by atoms with Gasteiger partial charge in [-0.25, -0.2) is 9.48 Å². The summed E-state index contributed by atoms with van der Waals surface area (Å²) in [6.45, 7) is 11.6. The van der Waals surface area contributed by atoms with Crippen molar-refractivity contribution in [2.75, 3.05) is 19.7 Å². The SMILES string of the molecule is C=C(C)CN(CC)C(=O)COC(=O)c1nn(C(C)C)c(=O)c2ccccc12. The predicted molar refractivity (Wildman–Crippen MR) is 104 cm³/mol. The van der Waals surface area contributed by atoms with Gasteiger partial charge in [-0.1, -0.05) is 30.4 Å². The molecule has 0 bridgehead atoms. The number of rotatable bonds is 7. The number of esters is 1. The summed E-state index contributed by atoms with van der Waals surface area (Å²) in [5.41, 5.74) is 0.592.